The standard InChI is InChI=1S/C14H20Cl2N2O.2ClH/c15-13-3-1-4-14(16)12(13)11-17-5-2-6-18-7-9-19-10-8-18;;/h1,3-4,17H,2,5-11H2;2*1H/p-2. The Bertz CT molecular complexity index is 380. The van der Waals surface area contributed by atoms with E-state index in [0.717, 1.165) is 68.0 Å². The van der Waals surface area contributed by atoms with Gasteiger partial charge < -0.3 is 34.9 Å². The van der Waals surface area contributed by atoms with E-state index in [9.17, 15) is 0 Å². The van der Waals surface area contributed by atoms with Crippen molar-refractivity contribution in [3.8, 4) is 0 Å². The summed E-state index contributed by atoms with van der Waals surface area (Å²) in [6, 6.07) is 5.61. The van der Waals surface area contributed by atoms with Crippen LogP contribution in [0.15, 0.2) is 18.2 Å². The number of hydrogen-bond donors (Lipinski definition) is 1. The van der Waals surface area contributed by atoms with Crippen molar-refractivity contribution in [3.63, 3.8) is 0 Å². The highest BCUT2D eigenvalue weighted by Gasteiger charge is 2.09. The van der Waals surface area contributed by atoms with Crippen LogP contribution in [0, 0.1) is 0 Å². The third-order valence-electron chi connectivity index (χ3n) is 3.30. The molecule has 0 bridgehead atoms. The normalized spacial score (nSPS) is 15.1. The van der Waals surface area contributed by atoms with E-state index in [1.165, 1.54) is 0 Å². The number of ether oxygens (including phenoxy) is 1. The summed E-state index contributed by atoms with van der Waals surface area (Å²) in [5.74, 6) is 0. The first kappa shape index (κ1) is 21.3. The maximum atomic E-state index is 6.12. The van der Waals surface area contributed by atoms with Crippen LogP contribution in [0.2, 0.25) is 10.0 Å². The molecule has 0 unspecified atom stereocenters. The zero-order valence-electron chi connectivity index (χ0n) is 11.8. The van der Waals surface area contributed by atoms with E-state index in [2.05, 4.69) is 10.2 Å². The number of rotatable bonds is 6. The van der Waals surface area contributed by atoms with Gasteiger partial charge in [-0.15, -0.1) is 0 Å². The van der Waals surface area contributed by atoms with Gasteiger partial charge in [-0.1, -0.05) is 29.3 Å². The third kappa shape index (κ3) is 7.38. The summed E-state index contributed by atoms with van der Waals surface area (Å²) in [6.45, 7) is 6.64. The Labute approximate surface area is 149 Å². The van der Waals surface area contributed by atoms with Crippen LogP contribution in [-0.4, -0.2) is 44.3 Å². The first-order valence-electron chi connectivity index (χ1n) is 6.71. The summed E-state index contributed by atoms with van der Waals surface area (Å²) in [4.78, 5) is 2.44. The molecule has 1 heterocycles. The van der Waals surface area contributed by atoms with Crippen LogP contribution in [0.5, 0.6) is 0 Å². The smallest absolute Gasteiger partial charge is 0.0594 e. The van der Waals surface area contributed by atoms with Crippen LogP contribution in [0.4, 0.5) is 0 Å². The zero-order valence-corrected chi connectivity index (χ0v) is 14.8. The Hall–Kier alpha value is 0.260. The van der Waals surface area contributed by atoms with Crippen molar-refractivity contribution in [2.75, 3.05) is 39.4 Å². The fraction of sp³-hybridized carbons (Fsp3) is 0.571. The molecule has 0 aromatic heterocycles. The van der Waals surface area contributed by atoms with Crippen molar-refractivity contribution < 1.29 is 29.6 Å². The topological polar surface area (TPSA) is 24.5 Å². The molecule has 1 aromatic carbocycles. The minimum atomic E-state index is 0. The molecule has 1 aliphatic rings. The lowest BCUT2D eigenvalue weighted by molar-refractivity contribution is -0.001000. The summed E-state index contributed by atoms with van der Waals surface area (Å²) < 4.78 is 5.32. The van der Waals surface area contributed by atoms with Crippen molar-refractivity contribution in [1.82, 2.24) is 10.2 Å². The van der Waals surface area contributed by atoms with Gasteiger partial charge in [-0.05, 0) is 31.6 Å². The van der Waals surface area contributed by atoms with E-state index in [4.69, 9.17) is 27.9 Å². The van der Waals surface area contributed by atoms with Gasteiger partial charge in [-0.25, -0.2) is 0 Å². The third-order valence-corrected chi connectivity index (χ3v) is 4.00. The van der Waals surface area contributed by atoms with Gasteiger partial charge in [0.1, 0.15) is 0 Å². The van der Waals surface area contributed by atoms with Gasteiger partial charge in [0.2, 0.25) is 0 Å². The predicted molar refractivity (Wildman–Crippen MR) is 80.0 cm³/mol. The summed E-state index contributed by atoms with van der Waals surface area (Å²) in [6.07, 6.45) is 1.13. The summed E-state index contributed by atoms with van der Waals surface area (Å²) in [5, 5.41) is 4.86. The van der Waals surface area contributed by atoms with Crippen molar-refractivity contribution >= 4 is 23.2 Å². The molecule has 0 amide bonds. The van der Waals surface area contributed by atoms with E-state index in [0.29, 0.717) is 0 Å². The fourth-order valence-electron chi connectivity index (χ4n) is 2.17. The van der Waals surface area contributed by atoms with E-state index < -0.39 is 0 Å². The molecule has 0 spiro atoms. The van der Waals surface area contributed by atoms with Crippen molar-refractivity contribution in [1.29, 1.82) is 0 Å². The lowest BCUT2D eigenvalue weighted by Crippen LogP contribution is -3.00. The number of morpholine rings is 1. The molecule has 0 saturated carbocycles. The SMILES string of the molecule is Clc1cccc(Cl)c1CNCCCN1CCOCC1.[Cl-].[Cl-]. The van der Waals surface area contributed by atoms with E-state index in [1.54, 1.807) is 0 Å². The first-order valence-corrected chi connectivity index (χ1v) is 7.46. The molecular formula is C14H20Cl4N2O-2. The predicted octanol–water partition coefficient (Wildman–Crippen LogP) is -3.19. The molecule has 1 N–H and O–H groups in total. The Morgan fingerprint density at radius 2 is 1.71 bits per heavy atom. The molecule has 1 saturated heterocycles. The highest BCUT2D eigenvalue weighted by atomic mass is 35.5. The number of benzene rings is 1. The molecule has 1 aliphatic heterocycles. The van der Waals surface area contributed by atoms with Gasteiger partial charge in [0, 0.05) is 35.2 Å². The largest absolute Gasteiger partial charge is 1.00 e. The van der Waals surface area contributed by atoms with E-state index in [-0.39, 0.29) is 24.8 Å². The molecule has 122 valence electrons. The molecule has 0 radical (unpaired) electrons. The Kier molecular flexibility index (Phi) is 11.9. The van der Waals surface area contributed by atoms with Gasteiger partial charge in [0.05, 0.1) is 13.2 Å². The molecule has 0 aliphatic carbocycles. The van der Waals surface area contributed by atoms with Crippen LogP contribution >= 0.6 is 23.2 Å². The molecule has 1 aromatic rings. The van der Waals surface area contributed by atoms with Crippen molar-refractivity contribution in [3.05, 3.63) is 33.8 Å². The number of hydrogen-bond acceptors (Lipinski definition) is 3. The van der Waals surface area contributed by atoms with Crippen LogP contribution in [0.1, 0.15) is 12.0 Å². The van der Waals surface area contributed by atoms with Gasteiger partial charge in [-0.2, -0.15) is 0 Å². The van der Waals surface area contributed by atoms with Crippen LogP contribution in [0.25, 0.3) is 0 Å². The molecule has 0 atom stereocenters. The fourth-order valence-corrected chi connectivity index (χ4v) is 2.70. The van der Waals surface area contributed by atoms with Gasteiger partial charge >= 0.3 is 0 Å². The average Bonchev–Trinajstić information content (AvgIpc) is 2.42. The van der Waals surface area contributed by atoms with Crippen molar-refractivity contribution in [2.45, 2.75) is 13.0 Å². The second kappa shape index (κ2) is 11.8. The van der Waals surface area contributed by atoms with Crippen LogP contribution in [-0.2, 0) is 11.3 Å². The lowest BCUT2D eigenvalue weighted by atomic mass is 10.2. The molecule has 2 rings (SSSR count). The van der Waals surface area contributed by atoms with E-state index in [1.807, 2.05) is 18.2 Å². The molecular weight excluding hydrogens is 354 g/mol. The van der Waals surface area contributed by atoms with Gasteiger partial charge in [0.15, 0.2) is 0 Å². The highest BCUT2D eigenvalue weighted by Crippen LogP contribution is 2.23. The molecule has 3 nitrogen and oxygen atoms in total. The summed E-state index contributed by atoms with van der Waals surface area (Å²) in [7, 11) is 0. The summed E-state index contributed by atoms with van der Waals surface area (Å²) in [5.41, 5.74) is 0.984. The average molecular weight is 374 g/mol. The maximum Gasteiger partial charge on any atom is 0.0594 e. The zero-order chi connectivity index (χ0) is 13.5. The van der Waals surface area contributed by atoms with Crippen LogP contribution in [0.3, 0.4) is 0 Å². The van der Waals surface area contributed by atoms with Crippen LogP contribution < -0.4 is 30.1 Å². The second-order valence-electron chi connectivity index (χ2n) is 4.68. The molecule has 7 heteroatoms. The minimum absolute atomic E-state index is 0. The Morgan fingerprint density at radius 1 is 1.10 bits per heavy atom. The van der Waals surface area contributed by atoms with E-state index >= 15 is 0 Å². The van der Waals surface area contributed by atoms with Gasteiger partial charge in [0.25, 0.3) is 0 Å². The number of nitrogens with one attached hydrogen (secondary N) is 1. The minimum Gasteiger partial charge on any atom is -1.00 e. The Morgan fingerprint density at radius 3 is 2.33 bits per heavy atom. The first-order chi connectivity index (χ1) is 9.27. The number of halogens is 4. The Balaban J connectivity index is 0.00000200. The molecule has 21 heavy (non-hydrogen) atoms. The van der Waals surface area contributed by atoms with Crippen molar-refractivity contribution in [2.24, 2.45) is 0 Å². The van der Waals surface area contributed by atoms with Gasteiger partial charge in [-0.3, -0.25) is 4.90 Å². The summed E-state index contributed by atoms with van der Waals surface area (Å²) >= 11 is 12.2. The molecule has 1 fully saturated rings. The number of nitrogens with zero attached hydrogens (tertiary/aromatic N) is 1. The maximum absolute atomic E-state index is 6.12. The second-order valence-corrected chi connectivity index (χ2v) is 5.50. The lowest BCUT2D eigenvalue weighted by Gasteiger charge is -2.26. The highest BCUT2D eigenvalue weighted by molar-refractivity contribution is 6.35. The quantitative estimate of drug-likeness (QED) is 0.532. The monoisotopic (exact) mass is 372 g/mol.